The van der Waals surface area contributed by atoms with Crippen molar-refractivity contribution in [3.8, 4) is 0 Å². The maximum absolute atomic E-state index is 11.7. The lowest BCUT2D eigenvalue weighted by atomic mass is 10.3. The highest BCUT2D eigenvalue weighted by molar-refractivity contribution is 7.58. The van der Waals surface area contributed by atoms with Crippen LogP contribution in [0.15, 0.2) is 0 Å². The van der Waals surface area contributed by atoms with Gasteiger partial charge in [0.25, 0.3) is 0 Å². The van der Waals surface area contributed by atoms with Crippen LogP contribution in [0.1, 0.15) is 20.3 Å². The third kappa shape index (κ3) is 6.13. The first-order valence-electron chi connectivity index (χ1n) is 4.47. The summed E-state index contributed by atoms with van der Waals surface area (Å²) in [6, 6.07) is 0. The number of rotatable bonds is 6. The number of primary amides is 1. The second-order valence-electron chi connectivity index (χ2n) is 3.60. The molecule has 0 aliphatic heterocycles. The lowest BCUT2D eigenvalue weighted by Gasteiger charge is -2.17. The van der Waals surface area contributed by atoms with Crippen molar-refractivity contribution in [3.63, 3.8) is 0 Å². The number of hydrogen-bond donors (Lipinski definition) is 2. The monoisotopic (exact) mass is 223 g/mol. The van der Waals surface area contributed by atoms with Crippen molar-refractivity contribution in [1.82, 2.24) is 0 Å². The Morgan fingerprint density at radius 2 is 2.07 bits per heavy atom. The largest absolute Gasteiger partial charge is 0.383 e. The molecule has 2 atom stereocenters. The molecule has 0 aliphatic rings. The third-order valence-corrected chi connectivity index (χ3v) is 3.51. The Balaban J connectivity index is 3.99. The van der Waals surface area contributed by atoms with Gasteiger partial charge in [0, 0.05) is 12.8 Å². The first-order chi connectivity index (χ1) is 6.24. The number of aliphatic hydroxyl groups is 1. The van der Waals surface area contributed by atoms with Gasteiger partial charge in [-0.2, -0.15) is 0 Å². The van der Waals surface area contributed by atoms with Gasteiger partial charge in [-0.15, -0.1) is 0 Å². The molecule has 6 heteroatoms. The number of hydrogen-bond acceptors (Lipinski definition) is 4. The first kappa shape index (κ1) is 13.6. The second kappa shape index (κ2) is 5.49. The molecular weight excluding hydrogens is 205 g/mol. The van der Waals surface area contributed by atoms with Crippen molar-refractivity contribution >= 4 is 13.3 Å². The van der Waals surface area contributed by atoms with Gasteiger partial charge in [0.1, 0.15) is 6.10 Å². The zero-order valence-corrected chi connectivity index (χ0v) is 9.66. The topological polar surface area (TPSA) is 89.6 Å². The normalized spacial score (nSPS) is 17.8. The SMILES string of the molecule is CC(C)OP(C)(=O)CCC(O)C(N)=O. The average Bonchev–Trinajstić information content (AvgIpc) is 1.97. The molecule has 2 unspecified atom stereocenters. The molecule has 0 aliphatic carbocycles. The van der Waals surface area contributed by atoms with Crippen LogP contribution in [0.2, 0.25) is 0 Å². The van der Waals surface area contributed by atoms with Crippen LogP contribution in [0.4, 0.5) is 0 Å². The van der Waals surface area contributed by atoms with Crippen molar-refractivity contribution in [2.24, 2.45) is 5.73 Å². The van der Waals surface area contributed by atoms with Crippen LogP contribution in [0.5, 0.6) is 0 Å². The van der Waals surface area contributed by atoms with Crippen LogP contribution in [-0.4, -0.2) is 36.0 Å². The van der Waals surface area contributed by atoms with Crippen molar-refractivity contribution in [3.05, 3.63) is 0 Å². The van der Waals surface area contributed by atoms with Gasteiger partial charge >= 0.3 is 0 Å². The van der Waals surface area contributed by atoms with E-state index >= 15 is 0 Å². The van der Waals surface area contributed by atoms with Crippen molar-refractivity contribution < 1.29 is 19.0 Å². The fourth-order valence-corrected chi connectivity index (χ4v) is 2.71. The summed E-state index contributed by atoms with van der Waals surface area (Å²) in [4.78, 5) is 10.5. The van der Waals surface area contributed by atoms with Crippen LogP contribution >= 0.6 is 7.37 Å². The molecule has 0 saturated heterocycles. The standard InChI is InChI=1S/C8H18NO4P/c1-6(2)13-14(3,12)5-4-7(10)8(9)11/h6-7,10H,4-5H2,1-3H3,(H2,9,11). The summed E-state index contributed by atoms with van der Waals surface area (Å²) in [5.41, 5.74) is 4.85. The lowest BCUT2D eigenvalue weighted by molar-refractivity contribution is -0.126. The fourth-order valence-electron chi connectivity index (χ4n) is 0.998. The van der Waals surface area contributed by atoms with E-state index in [4.69, 9.17) is 15.4 Å². The molecule has 14 heavy (non-hydrogen) atoms. The van der Waals surface area contributed by atoms with Crippen LogP contribution in [0, 0.1) is 0 Å². The maximum atomic E-state index is 11.7. The number of aliphatic hydroxyl groups excluding tert-OH is 1. The first-order valence-corrected chi connectivity index (χ1v) is 6.72. The second-order valence-corrected chi connectivity index (χ2v) is 6.28. The Morgan fingerprint density at radius 3 is 2.43 bits per heavy atom. The highest BCUT2D eigenvalue weighted by Crippen LogP contribution is 2.44. The predicted octanol–water partition coefficient (Wildman–Crippen LogP) is 0.556. The molecule has 0 aromatic carbocycles. The van der Waals surface area contributed by atoms with E-state index in [0.29, 0.717) is 0 Å². The Bertz CT molecular complexity index is 241. The molecular formula is C8H18NO4P. The van der Waals surface area contributed by atoms with Gasteiger partial charge in [-0.25, -0.2) is 0 Å². The van der Waals surface area contributed by atoms with Crippen LogP contribution in [-0.2, 0) is 13.9 Å². The molecule has 0 heterocycles. The summed E-state index contributed by atoms with van der Waals surface area (Å²) in [6.45, 7) is 5.04. The van der Waals surface area contributed by atoms with Gasteiger partial charge in [0.05, 0.1) is 6.10 Å². The minimum atomic E-state index is -2.71. The Labute approximate surface area is 84.1 Å². The van der Waals surface area contributed by atoms with Gasteiger partial charge in [-0.1, -0.05) is 0 Å². The van der Waals surface area contributed by atoms with Gasteiger partial charge in [-0.3, -0.25) is 9.36 Å². The molecule has 0 rings (SSSR count). The molecule has 0 spiro atoms. The molecule has 84 valence electrons. The number of amides is 1. The summed E-state index contributed by atoms with van der Waals surface area (Å²) in [7, 11) is -2.71. The summed E-state index contributed by atoms with van der Waals surface area (Å²) in [5.74, 6) is -0.797. The number of carbonyl (C=O) groups is 1. The van der Waals surface area contributed by atoms with Crippen LogP contribution in [0.25, 0.3) is 0 Å². The Morgan fingerprint density at radius 1 is 1.57 bits per heavy atom. The maximum Gasteiger partial charge on any atom is 0.246 e. The van der Waals surface area contributed by atoms with Gasteiger partial charge in [0.15, 0.2) is 0 Å². The van der Waals surface area contributed by atoms with Crippen molar-refractivity contribution in [1.29, 1.82) is 0 Å². The number of nitrogens with two attached hydrogens (primary N) is 1. The smallest absolute Gasteiger partial charge is 0.246 e. The molecule has 0 saturated carbocycles. The van der Waals surface area contributed by atoms with E-state index in [-0.39, 0.29) is 18.7 Å². The van der Waals surface area contributed by atoms with Crippen LogP contribution in [0.3, 0.4) is 0 Å². The van der Waals surface area contributed by atoms with E-state index in [1.54, 1.807) is 13.8 Å². The molecule has 1 amide bonds. The Kier molecular flexibility index (Phi) is 5.34. The van der Waals surface area contributed by atoms with Gasteiger partial charge in [-0.05, 0) is 20.3 Å². The summed E-state index contributed by atoms with van der Waals surface area (Å²) < 4.78 is 16.8. The quantitative estimate of drug-likeness (QED) is 0.643. The minimum absolute atomic E-state index is 0.0792. The fraction of sp³-hybridized carbons (Fsp3) is 0.875. The van der Waals surface area contributed by atoms with Gasteiger partial charge in [0.2, 0.25) is 13.3 Å². The van der Waals surface area contributed by atoms with E-state index < -0.39 is 19.4 Å². The van der Waals surface area contributed by atoms with Gasteiger partial charge < -0.3 is 15.4 Å². The summed E-state index contributed by atoms with van der Waals surface area (Å²) in [5, 5.41) is 9.07. The van der Waals surface area contributed by atoms with Crippen molar-refractivity contribution in [2.45, 2.75) is 32.5 Å². The Hall–Kier alpha value is -0.380. The third-order valence-electron chi connectivity index (χ3n) is 1.57. The molecule has 3 N–H and O–H groups in total. The molecule has 0 aromatic rings. The highest BCUT2D eigenvalue weighted by atomic mass is 31.2. The van der Waals surface area contributed by atoms with E-state index in [9.17, 15) is 9.36 Å². The minimum Gasteiger partial charge on any atom is -0.383 e. The summed E-state index contributed by atoms with van der Waals surface area (Å²) >= 11 is 0. The van der Waals surface area contributed by atoms with E-state index in [0.717, 1.165) is 0 Å². The zero-order chi connectivity index (χ0) is 11.4. The predicted molar refractivity (Wildman–Crippen MR) is 54.4 cm³/mol. The lowest BCUT2D eigenvalue weighted by Crippen LogP contribution is -2.29. The molecule has 0 fully saturated rings. The molecule has 0 radical (unpaired) electrons. The molecule has 0 aromatic heterocycles. The van der Waals surface area contributed by atoms with E-state index in [1.165, 1.54) is 6.66 Å². The van der Waals surface area contributed by atoms with Crippen LogP contribution < -0.4 is 5.73 Å². The zero-order valence-electron chi connectivity index (χ0n) is 8.77. The highest BCUT2D eigenvalue weighted by Gasteiger charge is 2.21. The molecule has 0 bridgehead atoms. The average molecular weight is 223 g/mol. The molecule has 5 nitrogen and oxygen atoms in total. The summed E-state index contributed by atoms with van der Waals surface area (Å²) in [6.07, 6.45) is -1.12. The van der Waals surface area contributed by atoms with E-state index in [1.807, 2.05) is 0 Å². The van der Waals surface area contributed by atoms with Crippen molar-refractivity contribution in [2.75, 3.05) is 12.8 Å². The van der Waals surface area contributed by atoms with E-state index in [2.05, 4.69) is 0 Å². The number of carbonyl (C=O) groups excluding carboxylic acids is 1.